The number of imidazole rings is 2. The van der Waals surface area contributed by atoms with Crippen molar-refractivity contribution in [3.05, 3.63) is 68.4 Å². The number of aromatic nitrogens is 5. The van der Waals surface area contributed by atoms with E-state index < -0.39 is 11.2 Å². The van der Waals surface area contributed by atoms with Gasteiger partial charge in [-0.05, 0) is 24.6 Å². The molecule has 1 aromatic carbocycles. The number of rotatable bonds is 5. The summed E-state index contributed by atoms with van der Waals surface area (Å²) in [5, 5.41) is 0. The van der Waals surface area contributed by atoms with Gasteiger partial charge in [0.05, 0.1) is 19.8 Å². The first-order chi connectivity index (χ1) is 15.4. The molecule has 0 N–H and O–H groups in total. The lowest BCUT2D eigenvalue weighted by atomic mass is 10.2. The van der Waals surface area contributed by atoms with Crippen molar-refractivity contribution in [1.82, 2.24) is 28.0 Å². The van der Waals surface area contributed by atoms with Crippen molar-refractivity contribution in [1.29, 1.82) is 0 Å². The molecule has 0 aliphatic carbocycles. The van der Waals surface area contributed by atoms with Crippen LogP contribution in [0.2, 0.25) is 0 Å². The molecule has 32 heavy (non-hydrogen) atoms. The number of ether oxygens (including phenoxy) is 1. The summed E-state index contributed by atoms with van der Waals surface area (Å²) in [7, 11) is 1.61. The highest BCUT2D eigenvalue weighted by Gasteiger charge is 2.21. The second-order valence-electron chi connectivity index (χ2n) is 8.19. The van der Waals surface area contributed by atoms with Crippen molar-refractivity contribution in [2.24, 2.45) is 7.05 Å². The molecule has 1 aliphatic rings. The van der Waals surface area contributed by atoms with Crippen molar-refractivity contribution < 1.29 is 9.13 Å². The normalized spacial score (nSPS) is 15.2. The van der Waals surface area contributed by atoms with Gasteiger partial charge in [-0.25, -0.2) is 9.18 Å². The van der Waals surface area contributed by atoms with E-state index in [0.29, 0.717) is 22.5 Å². The SMILES string of the molecule is Cc1cn2c3c(=O)n(Cc4ccc(F)cc4)c(=O)n(C)c3nc2n1CCN1CCOCC1. The smallest absolute Gasteiger partial charge is 0.332 e. The van der Waals surface area contributed by atoms with Crippen LogP contribution >= 0.6 is 0 Å². The van der Waals surface area contributed by atoms with Gasteiger partial charge in [0.25, 0.3) is 5.56 Å². The van der Waals surface area contributed by atoms with Crippen LogP contribution in [0, 0.1) is 12.7 Å². The molecule has 0 radical (unpaired) electrons. The van der Waals surface area contributed by atoms with Gasteiger partial charge in [-0.15, -0.1) is 0 Å². The Morgan fingerprint density at radius 1 is 1.06 bits per heavy atom. The molecule has 4 aromatic rings. The minimum Gasteiger partial charge on any atom is -0.379 e. The predicted octanol–water partition coefficient (Wildman–Crippen LogP) is 0.977. The lowest BCUT2D eigenvalue weighted by Crippen LogP contribution is -2.39. The van der Waals surface area contributed by atoms with Gasteiger partial charge < -0.3 is 9.30 Å². The summed E-state index contributed by atoms with van der Waals surface area (Å²) in [6.07, 6.45) is 1.89. The fourth-order valence-corrected chi connectivity index (χ4v) is 4.31. The Morgan fingerprint density at radius 2 is 1.78 bits per heavy atom. The van der Waals surface area contributed by atoms with Crippen molar-refractivity contribution in [3.63, 3.8) is 0 Å². The van der Waals surface area contributed by atoms with Crippen molar-refractivity contribution in [3.8, 4) is 0 Å². The fourth-order valence-electron chi connectivity index (χ4n) is 4.31. The third-order valence-electron chi connectivity index (χ3n) is 6.14. The molecule has 168 valence electrons. The topological polar surface area (TPSA) is 78.7 Å². The van der Waals surface area contributed by atoms with E-state index in [9.17, 15) is 14.0 Å². The first-order valence-electron chi connectivity index (χ1n) is 10.7. The lowest BCUT2D eigenvalue weighted by molar-refractivity contribution is 0.0364. The van der Waals surface area contributed by atoms with Gasteiger partial charge in [0.2, 0.25) is 5.78 Å². The van der Waals surface area contributed by atoms with Crippen LogP contribution in [0.4, 0.5) is 4.39 Å². The van der Waals surface area contributed by atoms with Crippen molar-refractivity contribution >= 4 is 16.9 Å². The molecule has 4 heterocycles. The van der Waals surface area contributed by atoms with Crippen LogP contribution in [-0.2, 0) is 24.9 Å². The van der Waals surface area contributed by atoms with Crippen LogP contribution in [0.3, 0.4) is 0 Å². The zero-order chi connectivity index (χ0) is 22.4. The largest absolute Gasteiger partial charge is 0.379 e. The zero-order valence-electron chi connectivity index (χ0n) is 18.1. The van der Waals surface area contributed by atoms with Crippen molar-refractivity contribution in [2.75, 3.05) is 32.8 Å². The molecule has 1 fully saturated rings. The molecule has 5 rings (SSSR count). The third-order valence-corrected chi connectivity index (χ3v) is 6.14. The van der Waals surface area contributed by atoms with Gasteiger partial charge in [-0.1, -0.05) is 12.1 Å². The maximum atomic E-state index is 13.4. The molecule has 1 aliphatic heterocycles. The highest BCUT2D eigenvalue weighted by Crippen LogP contribution is 2.16. The number of hydrogen-bond donors (Lipinski definition) is 0. The quantitative estimate of drug-likeness (QED) is 0.462. The summed E-state index contributed by atoms with van der Waals surface area (Å²) in [6.45, 7) is 6.90. The van der Waals surface area contributed by atoms with E-state index in [4.69, 9.17) is 4.74 Å². The van der Waals surface area contributed by atoms with E-state index in [2.05, 4.69) is 14.5 Å². The van der Waals surface area contributed by atoms with Crippen LogP contribution in [0.1, 0.15) is 11.3 Å². The fraction of sp³-hybridized carbons (Fsp3) is 0.409. The Kier molecular flexibility index (Phi) is 5.18. The number of fused-ring (bicyclic) bond motifs is 3. The molecule has 0 spiro atoms. The monoisotopic (exact) mass is 440 g/mol. The summed E-state index contributed by atoms with van der Waals surface area (Å²) in [5.41, 5.74) is 1.50. The number of morpholine rings is 1. The first kappa shape index (κ1) is 20.7. The van der Waals surface area contributed by atoms with Crippen LogP contribution in [-0.4, -0.2) is 60.8 Å². The first-order valence-corrected chi connectivity index (χ1v) is 10.7. The standard InChI is InChI=1S/C22H25FN6O3/c1-15-13-28-18-19(24-21(28)27(15)8-7-26-9-11-32-12-10-26)25(2)22(31)29(20(18)30)14-16-3-5-17(23)6-4-16/h3-6,13H,7-12,14H2,1-2H3. The molecule has 0 unspecified atom stereocenters. The zero-order valence-corrected chi connectivity index (χ0v) is 18.1. The Bertz CT molecular complexity index is 1410. The van der Waals surface area contributed by atoms with E-state index in [1.54, 1.807) is 23.6 Å². The maximum absolute atomic E-state index is 13.4. The summed E-state index contributed by atoms with van der Waals surface area (Å²) < 4.78 is 25.1. The Hall–Kier alpha value is -3.24. The van der Waals surface area contributed by atoms with E-state index in [1.165, 1.54) is 21.3 Å². The average molecular weight is 440 g/mol. The number of halogens is 1. The molecular weight excluding hydrogens is 415 g/mol. The minimum atomic E-state index is -0.454. The molecule has 3 aromatic heterocycles. The highest BCUT2D eigenvalue weighted by atomic mass is 19.1. The summed E-state index contributed by atoms with van der Waals surface area (Å²) >= 11 is 0. The van der Waals surface area contributed by atoms with Gasteiger partial charge in [0.15, 0.2) is 11.2 Å². The molecular formula is C22H25FN6O3. The molecule has 0 atom stereocenters. The lowest BCUT2D eigenvalue weighted by Gasteiger charge is -2.26. The average Bonchev–Trinajstić information content (AvgIpc) is 3.30. The van der Waals surface area contributed by atoms with E-state index >= 15 is 0 Å². The van der Waals surface area contributed by atoms with Gasteiger partial charge in [0, 0.05) is 45.1 Å². The van der Waals surface area contributed by atoms with Gasteiger partial charge in [0.1, 0.15) is 5.82 Å². The number of aryl methyl sites for hydroxylation is 2. The Balaban J connectivity index is 1.58. The second kappa shape index (κ2) is 8.03. The summed E-state index contributed by atoms with van der Waals surface area (Å²) in [5.74, 6) is 0.272. The van der Waals surface area contributed by atoms with Crippen LogP contribution < -0.4 is 11.2 Å². The molecule has 0 bridgehead atoms. The number of nitrogens with zero attached hydrogens (tertiary/aromatic N) is 6. The van der Waals surface area contributed by atoms with E-state index in [-0.39, 0.29) is 12.4 Å². The summed E-state index contributed by atoms with van der Waals surface area (Å²) in [4.78, 5) is 33.3. The third kappa shape index (κ3) is 3.45. The van der Waals surface area contributed by atoms with E-state index in [0.717, 1.165) is 45.1 Å². The van der Waals surface area contributed by atoms with Crippen LogP contribution in [0.25, 0.3) is 16.9 Å². The van der Waals surface area contributed by atoms with Gasteiger partial charge >= 0.3 is 5.69 Å². The van der Waals surface area contributed by atoms with E-state index in [1.807, 2.05) is 13.1 Å². The molecule has 10 heteroatoms. The molecule has 9 nitrogen and oxygen atoms in total. The maximum Gasteiger partial charge on any atom is 0.332 e. The van der Waals surface area contributed by atoms with Crippen LogP contribution in [0.5, 0.6) is 0 Å². The van der Waals surface area contributed by atoms with Gasteiger partial charge in [-0.2, -0.15) is 4.98 Å². The molecule has 0 saturated carbocycles. The number of benzene rings is 1. The van der Waals surface area contributed by atoms with Crippen molar-refractivity contribution in [2.45, 2.75) is 20.0 Å². The number of hydrogen-bond acceptors (Lipinski definition) is 5. The molecule has 1 saturated heterocycles. The summed E-state index contributed by atoms with van der Waals surface area (Å²) in [6, 6.07) is 5.78. The molecule has 0 amide bonds. The highest BCUT2D eigenvalue weighted by molar-refractivity contribution is 5.75. The predicted molar refractivity (Wildman–Crippen MR) is 118 cm³/mol. The van der Waals surface area contributed by atoms with Crippen LogP contribution in [0.15, 0.2) is 40.1 Å². The second-order valence-corrected chi connectivity index (χ2v) is 8.19. The van der Waals surface area contributed by atoms with Gasteiger partial charge in [-0.3, -0.25) is 23.2 Å². The Labute approximate surface area is 182 Å². The Morgan fingerprint density at radius 3 is 2.50 bits per heavy atom. The minimum absolute atomic E-state index is 0.0612.